The molecule has 0 aliphatic rings. The highest BCUT2D eigenvalue weighted by Crippen LogP contribution is 2.26. The van der Waals surface area contributed by atoms with Crippen molar-refractivity contribution >= 4 is 28.1 Å². The molecular weight excluding hydrogens is 298 g/mol. The van der Waals surface area contributed by atoms with Gasteiger partial charge in [0, 0.05) is 23.1 Å². The molecule has 1 heterocycles. The number of aromatic amines is 1. The Morgan fingerprint density at radius 2 is 1.78 bits per heavy atom. The van der Waals surface area contributed by atoms with Crippen LogP contribution in [0.25, 0.3) is 10.8 Å². The predicted octanol–water partition coefficient (Wildman–Crippen LogP) is 2.25. The van der Waals surface area contributed by atoms with Crippen molar-refractivity contribution in [3.8, 4) is 0 Å². The SMILES string of the molecule is Nc1[nH]c(=O)c2cc([N+](=O)[O-])ccc2c1C(=O)c1ccccc1. The second-order valence-electron chi connectivity index (χ2n) is 4.92. The van der Waals surface area contributed by atoms with Gasteiger partial charge in [-0.2, -0.15) is 0 Å². The average Bonchev–Trinajstić information content (AvgIpc) is 2.55. The van der Waals surface area contributed by atoms with Crippen molar-refractivity contribution < 1.29 is 9.72 Å². The first-order valence-corrected chi connectivity index (χ1v) is 6.68. The van der Waals surface area contributed by atoms with Crippen LogP contribution in [-0.4, -0.2) is 15.7 Å². The normalized spacial score (nSPS) is 10.6. The minimum Gasteiger partial charge on any atom is -0.385 e. The Morgan fingerprint density at radius 1 is 1.09 bits per heavy atom. The van der Waals surface area contributed by atoms with Crippen LogP contribution in [-0.2, 0) is 0 Å². The van der Waals surface area contributed by atoms with E-state index in [0.29, 0.717) is 5.56 Å². The van der Waals surface area contributed by atoms with Gasteiger partial charge in [-0.15, -0.1) is 0 Å². The van der Waals surface area contributed by atoms with E-state index in [1.807, 2.05) is 0 Å². The number of nitrogens with zero attached hydrogens (tertiary/aromatic N) is 1. The van der Waals surface area contributed by atoms with Crippen LogP contribution in [0.3, 0.4) is 0 Å². The van der Waals surface area contributed by atoms with E-state index in [9.17, 15) is 19.7 Å². The molecule has 3 rings (SSSR count). The van der Waals surface area contributed by atoms with Crippen LogP contribution in [0.1, 0.15) is 15.9 Å². The zero-order valence-corrected chi connectivity index (χ0v) is 11.8. The lowest BCUT2D eigenvalue weighted by Gasteiger charge is -2.09. The minimum absolute atomic E-state index is 0.0488. The number of nitro benzene ring substituents is 1. The number of anilines is 1. The largest absolute Gasteiger partial charge is 0.385 e. The number of fused-ring (bicyclic) bond motifs is 1. The molecule has 7 heteroatoms. The van der Waals surface area contributed by atoms with Gasteiger partial charge in [0.05, 0.1) is 15.9 Å². The Labute approximate surface area is 129 Å². The molecule has 0 fully saturated rings. The summed E-state index contributed by atoms with van der Waals surface area (Å²) in [5.41, 5.74) is 5.54. The third-order valence-electron chi connectivity index (χ3n) is 3.51. The maximum Gasteiger partial charge on any atom is 0.270 e. The predicted molar refractivity (Wildman–Crippen MR) is 85.5 cm³/mol. The number of hydrogen-bond donors (Lipinski definition) is 2. The highest BCUT2D eigenvalue weighted by atomic mass is 16.6. The summed E-state index contributed by atoms with van der Waals surface area (Å²) < 4.78 is 0. The summed E-state index contributed by atoms with van der Waals surface area (Å²) in [5.74, 6) is -0.427. The van der Waals surface area contributed by atoms with Gasteiger partial charge in [-0.05, 0) is 6.07 Å². The van der Waals surface area contributed by atoms with Gasteiger partial charge < -0.3 is 10.7 Å². The maximum atomic E-state index is 12.7. The first-order valence-electron chi connectivity index (χ1n) is 6.68. The van der Waals surface area contributed by atoms with Crippen LogP contribution in [0.15, 0.2) is 53.3 Å². The van der Waals surface area contributed by atoms with Gasteiger partial charge in [0.1, 0.15) is 5.82 Å². The number of benzene rings is 2. The molecule has 23 heavy (non-hydrogen) atoms. The molecule has 0 saturated carbocycles. The molecule has 114 valence electrons. The lowest BCUT2D eigenvalue weighted by atomic mass is 9.98. The van der Waals surface area contributed by atoms with Crippen LogP contribution < -0.4 is 11.3 Å². The Kier molecular flexibility index (Phi) is 3.38. The van der Waals surface area contributed by atoms with Crippen LogP contribution in [0.2, 0.25) is 0 Å². The van der Waals surface area contributed by atoms with Gasteiger partial charge in [0.15, 0.2) is 5.78 Å². The van der Waals surface area contributed by atoms with Crippen molar-refractivity contribution in [2.24, 2.45) is 0 Å². The number of ketones is 1. The van der Waals surface area contributed by atoms with Gasteiger partial charge in [-0.1, -0.05) is 30.3 Å². The number of rotatable bonds is 3. The summed E-state index contributed by atoms with van der Waals surface area (Å²) >= 11 is 0. The smallest absolute Gasteiger partial charge is 0.270 e. The number of nitro groups is 1. The molecule has 0 saturated heterocycles. The molecule has 0 bridgehead atoms. The summed E-state index contributed by atoms with van der Waals surface area (Å²) in [6.07, 6.45) is 0. The number of nitrogens with two attached hydrogens (primary N) is 1. The summed E-state index contributed by atoms with van der Waals surface area (Å²) in [6, 6.07) is 12.2. The zero-order chi connectivity index (χ0) is 16.6. The van der Waals surface area contributed by atoms with Crippen molar-refractivity contribution in [1.82, 2.24) is 4.98 Å². The van der Waals surface area contributed by atoms with Crippen molar-refractivity contribution in [3.63, 3.8) is 0 Å². The summed E-state index contributed by atoms with van der Waals surface area (Å²) in [6.45, 7) is 0. The number of pyridine rings is 1. The molecule has 2 aromatic carbocycles. The molecule has 1 aromatic heterocycles. The fourth-order valence-electron chi connectivity index (χ4n) is 2.43. The molecule has 0 radical (unpaired) electrons. The molecule has 0 unspecified atom stereocenters. The number of H-pyrrole nitrogens is 1. The lowest BCUT2D eigenvalue weighted by Crippen LogP contribution is -2.16. The quantitative estimate of drug-likeness (QED) is 0.437. The van der Waals surface area contributed by atoms with Crippen LogP contribution in [0.4, 0.5) is 11.5 Å². The molecule has 7 nitrogen and oxygen atoms in total. The van der Waals surface area contributed by atoms with E-state index in [1.165, 1.54) is 12.1 Å². The van der Waals surface area contributed by atoms with Gasteiger partial charge in [-0.25, -0.2) is 0 Å². The number of aromatic nitrogens is 1. The number of hydrogen-bond acceptors (Lipinski definition) is 5. The number of carbonyl (C=O) groups is 1. The van der Waals surface area contributed by atoms with E-state index < -0.39 is 10.5 Å². The summed E-state index contributed by atoms with van der Waals surface area (Å²) in [7, 11) is 0. The highest BCUT2D eigenvalue weighted by molar-refractivity contribution is 6.19. The van der Waals surface area contributed by atoms with E-state index in [0.717, 1.165) is 6.07 Å². The molecule has 0 aliphatic carbocycles. The molecule has 0 amide bonds. The lowest BCUT2D eigenvalue weighted by molar-refractivity contribution is -0.384. The van der Waals surface area contributed by atoms with Crippen molar-refractivity contribution in [3.05, 3.63) is 80.1 Å². The van der Waals surface area contributed by atoms with E-state index >= 15 is 0 Å². The third kappa shape index (κ3) is 2.44. The summed E-state index contributed by atoms with van der Waals surface area (Å²) in [5, 5.41) is 11.2. The maximum absolute atomic E-state index is 12.7. The molecule has 3 aromatic rings. The summed E-state index contributed by atoms with van der Waals surface area (Å²) in [4.78, 5) is 37.3. The molecule has 0 aliphatic heterocycles. The molecule has 3 N–H and O–H groups in total. The van der Waals surface area contributed by atoms with Gasteiger partial charge in [0.2, 0.25) is 0 Å². The standard InChI is InChI=1S/C16H11N3O4/c17-15-13(14(20)9-4-2-1-3-5-9)11-7-6-10(19(22)23)8-12(11)16(21)18-15/h1-8H,(H3,17,18,21). The number of carbonyl (C=O) groups excluding carboxylic acids is 1. The topological polar surface area (TPSA) is 119 Å². The first kappa shape index (κ1) is 14.5. The Balaban J connectivity index is 2.31. The monoisotopic (exact) mass is 309 g/mol. The van der Waals surface area contributed by atoms with E-state index in [-0.39, 0.29) is 33.6 Å². The Hall–Kier alpha value is -3.48. The van der Waals surface area contributed by atoms with Crippen LogP contribution >= 0.6 is 0 Å². The first-order chi connectivity index (χ1) is 11.0. The molecule has 0 spiro atoms. The molecular formula is C16H11N3O4. The van der Waals surface area contributed by atoms with E-state index in [1.54, 1.807) is 30.3 Å². The second kappa shape index (κ2) is 5.38. The molecule has 0 atom stereocenters. The minimum atomic E-state index is -0.603. The third-order valence-corrected chi connectivity index (χ3v) is 3.51. The number of nitrogens with one attached hydrogen (secondary N) is 1. The number of nitrogen functional groups attached to an aromatic ring is 1. The number of non-ortho nitro benzene ring substituents is 1. The van der Waals surface area contributed by atoms with Gasteiger partial charge in [-0.3, -0.25) is 19.7 Å². The van der Waals surface area contributed by atoms with Gasteiger partial charge >= 0.3 is 0 Å². The zero-order valence-electron chi connectivity index (χ0n) is 11.8. The van der Waals surface area contributed by atoms with Gasteiger partial charge in [0.25, 0.3) is 11.2 Å². The van der Waals surface area contributed by atoms with Crippen molar-refractivity contribution in [1.29, 1.82) is 0 Å². The highest BCUT2D eigenvalue weighted by Gasteiger charge is 2.19. The fraction of sp³-hybridized carbons (Fsp3) is 0. The van der Waals surface area contributed by atoms with Crippen molar-refractivity contribution in [2.75, 3.05) is 5.73 Å². The van der Waals surface area contributed by atoms with Crippen LogP contribution in [0.5, 0.6) is 0 Å². The van der Waals surface area contributed by atoms with Crippen molar-refractivity contribution in [2.45, 2.75) is 0 Å². The van der Waals surface area contributed by atoms with Crippen LogP contribution in [0, 0.1) is 10.1 Å². The Bertz CT molecular complexity index is 993. The second-order valence-corrected chi connectivity index (χ2v) is 4.92. The van der Waals surface area contributed by atoms with E-state index in [4.69, 9.17) is 5.73 Å². The van der Waals surface area contributed by atoms with E-state index in [2.05, 4.69) is 4.98 Å². The Morgan fingerprint density at radius 3 is 2.43 bits per heavy atom. The average molecular weight is 309 g/mol. The fourth-order valence-corrected chi connectivity index (χ4v) is 2.43.